The number of quaternary nitrogens is 1. The number of hydrogen-bond donors (Lipinski definition) is 1. The van der Waals surface area contributed by atoms with Crippen molar-refractivity contribution in [3.05, 3.63) is 28.8 Å². The van der Waals surface area contributed by atoms with E-state index >= 15 is 0 Å². The smallest absolute Gasteiger partial charge is 0.418 e. The Balaban J connectivity index is 0.000000336. The molecule has 6 heteroatoms. The van der Waals surface area contributed by atoms with Crippen molar-refractivity contribution in [3.63, 3.8) is 0 Å². The molecule has 0 spiro atoms. The third kappa shape index (κ3) is 6.12. The molecular weight excluding hydrogens is 209 g/mol. The molecule has 1 aromatic carbocycles. The van der Waals surface area contributed by atoms with Crippen molar-refractivity contribution in [1.82, 2.24) is 0 Å². The predicted molar refractivity (Wildman–Crippen MR) is 53.4 cm³/mol. The van der Waals surface area contributed by atoms with Crippen LogP contribution in [0.25, 0.3) is 0 Å². The minimum atomic E-state index is -6.00. The summed E-state index contributed by atoms with van der Waals surface area (Å²) in [5, 5.41) is 0. The van der Waals surface area contributed by atoms with Crippen molar-refractivity contribution in [1.29, 1.82) is 0 Å². The third-order valence-electron chi connectivity index (χ3n) is 2.17. The number of benzene rings is 1. The highest BCUT2D eigenvalue weighted by Crippen LogP contribution is 2.16. The van der Waals surface area contributed by atoms with E-state index in [0.717, 1.165) is 5.69 Å². The Morgan fingerprint density at radius 1 is 0.933 bits per heavy atom. The van der Waals surface area contributed by atoms with E-state index in [1.165, 1.54) is 16.7 Å². The number of halogens is 4. The fourth-order valence-electron chi connectivity index (χ4n) is 1.01. The van der Waals surface area contributed by atoms with Gasteiger partial charge in [-0.25, -0.2) is 0 Å². The van der Waals surface area contributed by atoms with Crippen LogP contribution in [0.1, 0.15) is 16.7 Å². The van der Waals surface area contributed by atoms with Gasteiger partial charge in [-0.3, -0.25) is 0 Å². The van der Waals surface area contributed by atoms with Gasteiger partial charge in [0.2, 0.25) is 0 Å². The quantitative estimate of drug-likeness (QED) is 0.517. The molecule has 0 aromatic heterocycles. The van der Waals surface area contributed by atoms with Gasteiger partial charge >= 0.3 is 7.25 Å². The Bertz CT molecular complexity index is 303. The van der Waals surface area contributed by atoms with Crippen LogP contribution in [0.4, 0.5) is 23.0 Å². The summed E-state index contributed by atoms with van der Waals surface area (Å²) >= 11 is 0. The SMILES string of the molecule is Cc1ccc([NH3+])c(C)c1C.F[B-](F)(F)F. The number of aryl methyl sites for hydroxylation is 1. The first-order valence-corrected chi connectivity index (χ1v) is 4.39. The summed E-state index contributed by atoms with van der Waals surface area (Å²) in [6.07, 6.45) is 0. The zero-order valence-electron chi connectivity index (χ0n) is 8.95. The van der Waals surface area contributed by atoms with Gasteiger partial charge in [-0.2, -0.15) is 0 Å². The third-order valence-corrected chi connectivity index (χ3v) is 2.17. The normalized spacial score (nSPS) is 10.7. The molecule has 3 N–H and O–H groups in total. The molecule has 1 nitrogen and oxygen atoms in total. The maximum atomic E-state index is 9.75. The highest BCUT2D eigenvalue weighted by atomic mass is 19.5. The molecule has 0 amide bonds. The molecule has 0 aliphatic heterocycles. The molecule has 15 heavy (non-hydrogen) atoms. The lowest BCUT2D eigenvalue weighted by molar-refractivity contribution is -0.255. The highest BCUT2D eigenvalue weighted by molar-refractivity contribution is 6.50. The molecule has 0 bridgehead atoms. The Morgan fingerprint density at radius 2 is 1.33 bits per heavy atom. The lowest BCUT2D eigenvalue weighted by Gasteiger charge is -2.03. The second kappa shape index (κ2) is 5.16. The summed E-state index contributed by atoms with van der Waals surface area (Å²) < 4.78 is 39.0. The summed E-state index contributed by atoms with van der Waals surface area (Å²) in [5.41, 5.74) is 9.10. The van der Waals surface area contributed by atoms with Crippen LogP contribution >= 0.6 is 0 Å². The lowest BCUT2D eigenvalue weighted by atomic mass is 10.0. The van der Waals surface area contributed by atoms with Crippen LogP contribution in [0.3, 0.4) is 0 Å². The van der Waals surface area contributed by atoms with Crippen LogP contribution in [-0.2, 0) is 0 Å². The first-order valence-electron chi connectivity index (χ1n) is 4.39. The summed E-state index contributed by atoms with van der Waals surface area (Å²) in [4.78, 5) is 0. The Morgan fingerprint density at radius 3 is 1.67 bits per heavy atom. The van der Waals surface area contributed by atoms with Gasteiger partial charge in [0.05, 0.1) is 0 Å². The van der Waals surface area contributed by atoms with Crippen LogP contribution in [0.15, 0.2) is 12.1 Å². The molecule has 86 valence electrons. The Hall–Kier alpha value is -1.04. The summed E-state index contributed by atoms with van der Waals surface area (Å²) in [7, 11) is -6.00. The summed E-state index contributed by atoms with van der Waals surface area (Å²) in [5.74, 6) is 0. The second-order valence-electron chi connectivity index (χ2n) is 3.29. The van der Waals surface area contributed by atoms with E-state index in [2.05, 4.69) is 38.6 Å². The van der Waals surface area contributed by atoms with Gasteiger partial charge in [0.25, 0.3) is 0 Å². The Kier molecular flexibility index (Phi) is 4.80. The molecule has 0 radical (unpaired) electrons. The molecule has 1 rings (SSSR count). The van der Waals surface area contributed by atoms with Gasteiger partial charge in [0.15, 0.2) is 0 Å². The molecule has 0 atom stereocenters. The van der Waals surface area contributed by atoms with Crippen molar-refractivity contribution in [2.45, 2.75) is 20.8 Å². The van der Waals surface area contributed by atoms with Gasteiger partial charge in [-0.05, 0) is 38.0 Å². The topological polar surface area (TPSA) is 27.6 Å². The minimum Gasteiger partial charge on any atom is -0.418 e. The molecule has 0 aliphatic rings. The summed E-state index contributed by atoms with van der Waals surface area (Å²) in [6.45, 7) is 6.38. The maximum Gasteiger partial charge on any atom is 0.673 e. The van der Waals surface area contributed by atoms with Crippen molar-refractivity contribution in [3.8, 4) is 0 Å². The standard InChI is InChI=1S/C9H13N.BF4/c1-6-4-5-9(10)8(3)7(6)2;2-1(3,4)5/h4-5H,10H2,1-3H3;/q;-1/p+1. The fourth-order valence-corrected chi connectivity index (χ4v) is 1.01. The average molecular weight is 223 g/mol. The largest absolute Gasteiger partial charge is 0.673 e. The minimum absolute atomic E-state index is 1.14. The van der Waals surface area contributed by atoms with Crippen LogP contribution < -0.4 is 5.73 Å². The average Bonchev–Trinajstić information content (AvgIpc) is 2.05. The molecule has 0 saturated carbocycles. The highest BCUT2D eigenvalue weighted by Gasteiger charge is 2.20. The molecule has 0 saturated heterocycles. The molecule has 0 unspecified atom stereocenters. The van der Waals surface area contributed by atoms with E-state index in [0.29, 0.717) is 0 Å². The van der Waals surface area contributed by atoms with E-state index in [4.69, 9.17) is 0 Å². The van der Waals surface area contributed by atoms with Gasteiger partial charge in [0, 0.05) is 5.56 Å². The first kappa shape index (κ1) is 14.0. The molecule has 0 fully saturated rings. The Labute approximate surface area is 86.4 Å². The van der Waals surface area contributed by atoms with Crippen molar-refractivity contribution < 1.29 is 23.0 Å². The number of hydrogen-bond acceptors (Lipinski definition) is 0. The first-order chi connectivity index (χ1) is 6.63. The zero-order chi connectivity index (χ0) is 12.2. The second-order valence-corrected chi connectivity index (χ2v) is 3.29. The van der Waals surface area contributed by atoms with Gasteiger partial charge in [-0.1, -0.05) is 6.07 Å². The summed E-state index contributed by atoms with van der Waals surface area (Å²) in [6, 6.07) is 4.18. The van der Waals surface area contributed by atoms with Crippen molar-refractivity contribution in [2.24, 2.45) is 0 Å². The molecule has 0 heterocycles. The van der Waals surface area contributed by atoms with Gasteiger partial charge in [0.1, 0.15) is 5.69 Å². The van der Waals surface area contributed by atoms with E-state index in [9.17, 15) is 17.3 Å². The number of rotatable bonds is 0. The van der Waals surface area contributed by atoms with Crippen LogP contribution in [-0.4, -0.2) is 7.25 Å². The lowest BCUT2D eigenvalue weighted by Crippen LogP contribution is -2.41. The zero-order valence-corrected chi connectivity index (χ0v) is 8.95. The van der Waals surface area contributed by atoms with Crippen molar-refractivity contribution >= 4 is 12.9 Å². The van der Waals surface area contributed by atoms with Crippen LogP contribution in [0, 0.1) is 20.8 Å². The monoisotopic (exact) mass is 223 g/mol. The van der Waals surface area contributed by atoms with E-state index < -0.39 is 7.25 Å². The van der Waals surface area contributed by atoms with Crippen LogP contribution in [0.5, 0.6) is 0 Å². The fraction of sp³-hybridized carbons (Fsp3) is 0.333. The van der Waals surface area contributed by atoms with Gasteiger partial charge < -0.3 is 23.0 Å². The molecule has 0 aliphatic carbocycles. The molecular formula is C9H14BF4N. The van der Waals surface area contributed by atoms with Gasteiger partial charge in [-0.15, -0.1) is 0 Å². The predicted octanol–water partition coefficient (Wildman–Crippen LogP) is 2.79. The van der Waals surface area contributed by atoms with Crippen LogP contribution in [0.2, 0.25) is 0 Å². The van der Waals surface area contributed by atoms with E-state index in [-0.39, 0.29) is 0 Å². The van der Waals surface area contributed by atoms with E-state index in [1.54, 1.807) is 0 Å². The van der Waals surface area contributed by atoms with Crippen molar-refractivity contribution in [2.75, 3.05) is 0 Å². The maximum absolute atomic E-state index is 9.75. The van der Waals surface area contributed by atoms with E-state index in [1.807, 2.05) is 0 Å². The molecule has 1 aromatic rings.